The molecule has 0 amide bonds. The summed E-state index contributed by atoms with van der Waals surface area (Å²) in [6.07, 6.45) is -2.10. The summed E-state index contributed by atoms with van der Waals surface area (Å²) in [6.45, 7) is 1.20. The smallest absolute Gasteiger partial charge is 0.332 e. The topological polar surface area (TPSA) is 135 Å². The Bertz CT molecular complexity index is 287. The highest BCUT2D eigenvalue weighted by Crippen LogP contribution is 1.94. The lowest BCUT2D eigenvalue weighted by Crippen LogP contribution is -2.29. The van der Waals surface area contributed by atoms with E-state index >= 15 is 0 Å². The number of aliphatic hydroxyl groups excluding tert-OH is 4. The van der Waals surface area contributed by atoms with E-state index in [1.54, 1.807) is 0 Å². The maximum atomic E-state index is 11.1. The summed E-state index contributed by atoms with van der Waals surface area (Å²) in [4.78, 5) is 11.1. The van der Waals surface area contributed by atoms with Crippen molar-refractivity contribution in [3.8, 4) is 0 Å². The molecule has 9 heteroatoms. The standard InChI is InChI=1S/C14H28O9/c1-2-3-23-14(19)10-22-9-13(18)8-21-7-12(17)6-20-5-11(16)4-15/h11-13,15-18H,2-10H2,1H3. The van der Waals surface area contributed by atoms with Crippen molar-refractivity contribution < 1.29 is 44.2 Å². The fourth-order valence-corrected chi connectivity index (χ4v) is 1.37. The highest BCUT2D eigenvalue weighted by Gasteiger charge is 2.11. The van der Waals surface area contributed by atoms with Gasteiger partial charge in [0.05, 0.1) is 46.2 Å². The Morgan fingerprint density at radius 2 is 1.35 bits per heavy atom. The number of aliphatic hydroxyl groups is 4. The van der Waals surface area contributed by atoms with Crippen LogP contribution in [0.5, 0.6) is 0 Å². The molecule has 4 N–H and O–H groups in total. The van der Waals surface area contributed by atoms with Gasteiger partial charge in [-0.2, -0.15) is 0 Å². The molecule has 0 aliphatic carbocycles. The second-order valence-corrected chi connectivity index (χ2v) is 4.95. The van der Waals surface area contributed by atoms with Crippen molar-refractivity contribution in [3.05, 3.63) is 0 Å². The van der Waals surface area contributed by atoms with Crippen LogP contribution < -0.4 is 0 Å². The Kier molecular flexibility index (Phi) is 14.2. The van der Waals surface area contributed by atoms with Crippen molar-refractivity contribution >= 4 is 5.97 Å². The molecule has 138 valence electrons. The molecule has 0 saturated carbocycles. The summed E-state index contributed by atoms with van der Waals surface area (Å²) < 4.78 is 19.8. The first-order valence-corrected chi connectivity index (χ1v) is 7.53. The van der Waals surface area contributed by atoms with Crippen LogP contribution >= 0.6 is 0 Å². The number of ether oxygens (including phenoxy) is 4. The molecule has 0 aromatic heterocycles. The van der Waals surface area contributed by atoms with Gasteiger partial charge in [-0.1, -0.05) is 6.92 Å². The van der Waals surface area contributed by atoms with Gasteiger partial charge in [-0.3, -0.25) is 0 Å². The average Bonchev–Trinajstić information content (AvgIpc) is 2.52. The third-order valence-corrected chi connectivity index (χ3v) is 2.45. The molecule has 0 spiro atoms. The Hall–Kier alpha value is -0.810. The predicted octanol–water partition coefficient (Wildman–Crippen LogP) is -1.94. The van der Waals surface area contributed by atoms with Gasteiger partial charge in [-0.25, -0.2) is 4.79 Å². The molecule has 0 radical (unpaired) electrons. The van der Waals surface area contributed by atoms with E-state index in [-0.39, 0.29) is 39.6 Å². The van der Waals surface area contributed by atoms with Gasteiger partial charge in [0.15, 0.2) is 0 Å². The molecule has 0 saturated heterocycles. The molecule has 0 fully saturated rings. The third kappa shape index (κ3) is 14.5. The van der Waals surface area contributed by atoms with Crippen LogP contribution in [0, 0.1) is 0 Å². The fourth-order valence-electron chi connectivity index (χ4n) is 1.37. The summed E-state index contributed by atoms with van der Waals surface area (Å²) >= 11 is 0. The Balaban J connectivity index is 3.51. The van der Waals surface area contributed by atoms with Crippen LogP contribution in [-0.2, 0) is 23.7 Å². The van der Waals surface area contributed by atoms with E-state index < -0.39 is 30.9 Å². The van der Waals surface area contributed by atoms with Crippen LogP contribution in [0.2, 0.25) is 0 Å². The third-order valence-electron chi connectivity index (χ3n) is 2.45. The largest absolute Gasteiger partial charge is 0.464 e. The van der Waals surface area contributed by atoms with Gasteiger partial charge < -0.3 is 39.4 Å². The number of esters is 1. The van der Waals surface area contributed by atoms with Crippen LogP contribution in [0.15, 0.2) is 0 Å². The zero-order valence-electron chi connectivity index (χ0n) is 13.4. The SMILES string of the molecule is CCCOC(=O)COCC(O)COCC(O)COCC(O)CO. The Labute approximate surface area is 135 Å². The number of hydrogen-bond acceptors (Lipinski definition) is 9. The van der Waals surface area contributed by atoms with Gasteiger partial charge in [-0.05, 0) is 6.42 Å². The Morgan fingerprint density at radius 3 is 1.83 bits per heavy atom. The van der Waals surface area contributed by atoms with Gasteiger partial charge in [0.25, 0.3) is 0 Å². The minimum Gasteiger partial charge on any atom is -0.464 e. The maximum Gasteiger partial charge on any atom is 0.332 e. The van der Waals surface area contributed by atoms with Crippen LogP contribution in [0.25, 0.3) is 0 Å². The van der Waals surface area contributed by atoms with E-state index in [2.05, 4.69) is 0 Å². The number of hydrogen-bond donors (Lipinski definition) is 4. The molecule has 9 nitrogen and oxygen atoms in total. The molecule has 3 unspecified atom stereocenters. The average molecular weight is 340 g/mol. The summed E-state index contributed by atoms with van der Waals surface area (Å²) in [5, 5.41) is 36.7. The van der Waals surface area contributed by atoms with E-state index in [1.807, 2.05) is 6.92 Å². The van der Waals surface area contributed by atoms with Gasteiger partial charge in [0.1, 0.15) is 24.9 Å². The van der Waals surface area contributed by atoms with E-state index in [4.69, 9.17) is 29.2 Å². The lowest BCUT2D eigenvalue weighted by Gasteiger charge is -2.15. The molecule has 0 bridgehead atoms. The molecular weight excluding hydrogens is 312 g/mol. The van der Waals surface area contributed by atoms with Gasteiger partial charge >= 0.3 is 5.97 Å². The quantitative estimate of drug-likeness (QED) is 0.251. The maximum absolute atomic E-state index is 11.1. The first-order valence-electron chi connectivity index (χ1n) is 7.53. The molecule has 0 rings (SSSR count). The van der Waals surface area contributed by atoms with Crippen molar-refractivity contribution in [1.29, 1.82) is 0 Å². The van der Waals surface area contributed by atoms with Crippen molar-refractivity contribution in [2.24, 2.45) is 0 Å². The molecule has 0 aliphatic heterocycles. The van der Waals surface area contributed by atoms with Crippen LogP contribution in [0.1, 0.15) is 13.3 Å². The summed E-state index contributed by atoms with van der Waals surface area (Å²) in [7, 11) is 0. The van der Waals surface area contributed by atoms with Gasteiger partial charge in [0.2, 0.25) is 0 Å². The van der Waals surface area contributed by atoms with Crippen LogP contribution in [-0.4, -0.2) is 97.6 Å². The summed E-state index contributed by atoms with van der Waals surface area (Å²) in [5.74, 6) is -0.488. The monoisotopic (exact) mass is 340 g/mol. The minimum atomic E-state index is -0.980. The minimum absolute atomic E-state index is 0.0626. The molecule has 0 aromatic carbocycles. The molecule has 23 heavy (non-hydrogen) atoms. The number of carbonyl (C=O) groups excluding carboxylic acids is 1. The molecule has 3 atom stereocenters. The Morgan fingerprint density at radius 1 is 0.870 bits per heavy atom. The van der Waals surface area contributed by atoms with Crippen molar-refractivity contribution in [2.75, 3.05) is 52.9 Å². The highest BCUT2D eigenvalue weighted by molar-refractivity contribution is 5.70. The number of rotatable bonds is 15. The summed E-state index contributed by atoms with van der Waals surface area (Å²) in [6, 6.07) is 0. The zero-order valence-corrected chi connectivity index (χ0v) is 13.4. The van der Waals surface area contributed by atoms with Gasteiger partial charge in [-0.15, -0.1) is 0 Å². The molecule has 0 aromatic rings. The molecular formula is C14H28O9. The van der Waals surface area contributed by atoms with E-state index in [0.29, 0.717) is 6.61 Å². The zero-order chi connectivity index (χ0) is 17.5. The van der Waals surface area contributed by atoms with Crippen molar-refractivity contribution in [1.82, 2.24) is 0 Å². The van der Waals surface area contributed by atoms with Crippen LogP contribution in [0.3, 0.4) is 0 Å². The van der Waals surface area contributed by atoms with Crippen molar-refractivity contribution in [3.63, 3.8) is 0 Å². The highest BCUT2D eigenvalue weighted by atomic mass is 16.6. The lowest BCUT2D eigenvalue weighted by molar-refractivity contribution is -0.150. The van der Waals surface area contributed by atoms with Gasteiger partial charge in [0, 0.05) is 0 Å². The first-order chi connectivity index (χ1) is 11.0. The lowest BCUT2D eigenvalue weighted by atomic mass is 10.4. The van der Waals surface area contributed by atoms with E-state index in [9.17, 15) is 15.0 Å². The fraction of sp³-hybridized carbons (Fsp3) is 0.929. The predicted molar refractivity (Wildman–Crippen MR) is 78.8 cm³/mol. The normalized spacial score (nSPS) is 15.2. The van der Waals surface area contributed by atoms with E-state index in [1.165, 1.54) is 0 Å². The van der Waals surface area contributed by atoms with Crippen molar-refractivity contribution in [2.45, 2.75) is 31.7 Å². The second kappa shape index (κ2) is 14.8. The second-order valence-electron chi connectivity index (χ2n) is 4.95. The molecule has 0 aliphatic rings. The van der Waals surface area contributed by atoms with Crippen LogP contribution in [0.4, 0.5) is 0 Å². The number of carbonyl (C=O) groups is 1. The first kappa shape index (κ1) is 22.2. The van der Waals surface area contributed by atoms with E-state index in [0.717, 1.165) is 6.42 Å². The molecule has 0 heterocycles. The summed E-state index contributed by atoms with van der Waals surface area (Å²) in [5.41, 5.74) is 0.